The van der Waals surface area contributed by atoms with Crippen LogP contribution in [-0.4, -0.2) is 38.0 Å². The molecule has 1 atom stereocenters. The Morgan fingerprint density at radius 1 is 1.67 bits per heavy atom. The average Bonchev–Trinajstić information content (AvgIpc) is 2.51. The van der Waals surface area contributed by atoms with Crippen LogP contribution in [0.15, 0.2) is 12.4 Å². The Balaban J connectivity index is 2.54. The first-order valence-electron chi connectivity index (χ1n) is 3.20. The largest absolute Gasteiger partial charge is 0.480 e. The van der Waals surface area contributed by atoms with Crippen molar-refractivity contribution in [3.05, 3.63) is 12.4 Å². The van der Waals surface area contributed by atoms with Crippen molar-refractivity contribution in [2.24, 2.45) is 0 Å². The number of carbonyl (C=O) groups is 1. The fourth-order valence-electron chi connectivity index (χ4n) is 0.596. The van der Waals surface area contributed by atoms with Crippen molar-refractivity contribution in [1.29, 1.82) is 0 Å². The molecule has 0 fully saturated rings. The van der Waals surface area contributed by atoms with E-state index in [1.165, 1.54) is 12.4 Å². The van der Waals surface area contributed by atoms with Gasteiger partial charge in [-0.3, -0.25) is 5.43 Å². The molecule has 7 heteroatoms. The second-order valence-electron chi connectivity index (χ2n) is 2.02. The summed E-state index contributed by atoms with van der Waals surface area (Å²) in [5, 5.41) is 16.0. The zero-order chi connectivity index (χ0) is 8.97. The molecular formula is C5H8N4O2S. The summed E-state index contributed by atoms with van der Waals surface area (Å²) in [4.78, 5) is 11.6. The predicted octanol–water partition coefficient (Wildman–Crippen LogP) is -0.795. The van der Waals surface area contributed by atoms with E-state index in [2.05, 4.69) is 28.3 Å². The number of nitrogens with one attached hydrogen (secondary N) is 1. The molecule has 0 saturated carbocycles. The molecule has 0 aliphatic carbocycles. The molecule has 0 unspecified atom stereocenters. The molecule has 0 saturated heterocycles. The fraction of sp³-hybridized carbons (Fsp3) is 0.400. The molecule has 2 N–H and O–H groups in total. The third-order valence-corrected chi connectivity index (χ3v) is 1.54. The van der Waals surface area contributed by atoms with Crippen LogP contribution in [0.2, 0.25) is 0 Å². The molecule has 0 aliphatic heterocycles. The van der Waals surface area contributed by atoms with E-state index >= 15 is 0 Å². The first-order valence-corrected chi connectivity index (χ1v) is 3.84. The third kappa shape index (κ3) is 2.12. The minimum Gasteiger partial charge on any atom is -0.480 e. The van der Waals surface area contributed by atoms with Gasteiger partial charge >= 0.3 is 5.97 Å². The quantitative estimate of drug-likeness (QED) is 0.539. The maximum absolute atomic E-state index is 10.5. The van der Waals surface area contributed by atoms with Gasteiger partial charge in [0.1, 0.15) is 0 Å². The van der Waals surface area contributed by atoms with Crippen LogP contribution < -0.4 is 5.43 Å². The van der Waals surface area contributed by atoms with E-state index in [0.717, 1.165) is 4.91 Å². The predicted molar refractivity (Wildman–Crippen MR) is 44.7 cm³/mol. The Bertz CT molecular complexity index is 250. The summed E-state index contributed by atoms with van der Waals surface area (Å²) < 4.78 is 0. The van der Waals surface area contributed by atoms with Gasteiger partial charge < -0.3 is 5.11 Å². The number of thiol groups is 1. The minimum absolute atomic E-state index is 0.177. The molecule has 0 spiro atoms. The van der Waals surface area contributed by atoms with Gasteiger partial charge in [0.05, 0.1) is 12.4 Å². The summed E-state index contributed by atoms with van der Waals surface area (Å²) >= 11 is 3.85. The molecule has 1 rings (SSSR count). The number of hydrogen-bond donors (Lipinski definition) is 3. The van der Waals surface area contributed by atoms with E-state index in [9.17, 15) is 4.79 Å². The molecule has 0 amide bonds. The van der Waals surface area contributed by atoms with Gasteiger partial charge in [0, 0.05) is 5.75 Å². The van der Waals surface area contributed by atoms with Crippen molar-refractivity contribution in [2.75, 3.05) is 11.2 Å². The van der Waals surface area contributed by atoms with Crippen molar-refractivity contribution in [1.82, 2.24) is 15.1 Å². The van der Waals surface area contributed by atoms with Crippen molar-refractivity contribution in [3.8, 4) is 0 Å². The Morgan fingerprint density at radius 3 is 2.67 bits per heavy atom. The van der Waals surface area contributed by atoms with E-state index in [1.807, 2.05) is 0 Å². The smallest absolute Gasteiger partial charge is 0.328 e. The van der Waals surface area contributed by atoms with Crippen molar-refractivity contribution < 1.29 is 9.90 Å². The molecule has 0 radical (unpaired) electrons. The minimum atomic E-state index is -0.984. The highest BCUT2D eigenvalue weighted by molar-refractivity contribution is 7.80. The number of aromatic nitrogens is 3. The SMILES string of the molecule is O=C(O)[C@H](CS)Nn1nccn1. The average molecular weight is 188 g/mol. The molecule has 12 heavy (non-hydrogen) atoms. The molecular weight excluding hydrogens is 180 g/mol. The summed E-state index contributed by atoms with van der Waals surface area (Å²) in [5.74, 6) is -0.807. The van der Waals surface area contributed by atoms with Crippen molar-refractivity contribution >= 4 is 18.6 Å². The highest BCUT2D eigenvalue weighted by Gasteiger charge is 2.15. The highest BCUT2D eigenvalue weighted by atomic mass is 32.1. The lowest BCUT2D eigenvalue weighted by Gasteiger charge is -2.10. The van der Waals surface area contributed by atoms with Crippen LogP contribution in [0.5, 0.6) is 0 Å². The van der Waals surface area contributed by atoms with Gasteiger partial charge in [-0.1, -0.05) is 4.91 Å². The van der Waals surface area contributed by atoms with Crippen LogP contribution in [0.25, 0.3) is 0 Å². The Kier molecular flexibility index (Phi) is 2.92. The second-order valence-corrected chi connectivity index (χ2v) is 2.39. The van der Waals surface area contributed by atoms with Crippen molar-refractivity contribution in [2.45, 2.75) is 6.04 Å². The summed E-state index contributed by atoms with van der Waals surface area (Å²) in [6.45, 7) is 0. The van der Waals surface area contributed by atoms with Crippen LogP contribution in [0.3, 0.4) is 0 Å². The van der Waals surface area contributed by atoms with Gasteiger partial charge in [-0.25, -0.2) is 4.79 Å². The van der Waals surface area contributed by atoms with E-state index in [1.54, 1.807) is 0 Å². The Hall–Kier alpha value is -1.24. The van der Waals surface area contributed by atoms with Crippen LogP contribution in [-0.2, 0) is 4.79 Å². The second kappa shape index (κ2) is 3.96. The molecule has 0 bridgehead atoms. The fourth-order valence-corrected chi connectivity index (χ4v) is 0.834. The normalized spacial score (nSPS) is 12.4. The maximum atomic E-state index is 10.5. The lowest BCUT2D eigenvalue weighted by Crippen LogP contribution is -2.37. The first-order chi connectivity index (χ1) is 5.74. The Morgan fingerprint density at radius 2 is 2.25 bits per heavy atom. The molecule has 1 aromatic heterocycles. The third-order valence-electron chi connectivity index (χ3n) is 1.17. The molecule has 0 aromatic carbocycles. The molecule has 6 nitrogen and oxygen atoms in total. The number of carboxylic acid groups (broad SMARTS) is 1. The zero-order valence-corrected chi connectivity index (χ0v) is 6.98. The van der Waals surface area contributed by atoms with Crippen molar-refractivity contribution in [3.63, 3.8) is 0 Å². The lowest BCUT2D eigenvalue weighted by atomic mass is 10.4. The van der Waals surface area contributed by atoms with Crippen LogP contribution in [0, 0.1) is 0 Å². The van der Waals surface area contributed by atoms with Crippen LogP contribution in [0.4, 0.5) is 0 Å². The van der Waals surface area contributed by atoms with Gasteiger partial charge in [0.15, 0.2) is 6.04 Å². The number of rotatable bonds is 4. The molecule has 1 aromatic rings. The van der Waals surface area contributed by atoms with Gasteiger partial charge in [0.2, 0.25) is 0 Å². The van der Waals surface area contributed by atoms with Gasteiger partial charge in [-0.2, -0.15) is 12.6 Å². The van der Waals surface area contributed by atoms with E-state index < -0.39 is 12.0 Å². The van der Waals surface area contributed by atoms with Crippen LogP contribution >= 0.6 is 12.6 Å². The number of nitrogens with zero attached hydrogens (tertiary/aromatic N) is 3. The standard InChI is InChI=1S/C5H8N4O2S/c10-5(11)4(3-12)8-9-6-1-2-7-9/h1-2,4,8,12H,3H2,(H,10,11)/t4-/m0/s1. The number of carboxylic acids is 1. The monoisotopic (exact) mass is 188 g/mol. The van der Waals surface area contributed by atoms with E-state index in [-0.39, 0.29) is 5.75 Å². The highest BCUT2D eigenvalue weighted by Crippen LogP contribution is 1.89. The number of hydrogen-bond acceptors (Lipinski definition) is 5. The molecule has 1 heterocycles. The summed E-state index contributed by atoms with van der Waals surface area (Å²) in [7, 11) is 0. The maximum Gasteiger partial charge on any atom is 0.328 e. The zero-order valence-electron chi connectivity index (χ0n) is 6.08. The summed E-state index contributed by atoms with van der Waals surface area (Å²) in [6, 6.07) is -0.777. The topological polar surface area (TPSA) is 80.0 Å². The van der Waals surface area contributed by atoms with Gasteiger partial charge in [-0.15, -0.1) is 10.2 Å². The van der Waals surface area contributed by atoms with Gasteiger partial charge in [-0.05, 0) is 0 Å². The Labute approximate surface area is 74.0 Å². The first kappa shape index (κ1) is 8.85. The molecule has 0 aliphatic rings. The van der Waals surface area contributed by atoms with E-state index in [4.69, 9.17) is 5.11 Å². The summed E-state index contributed by atoms with van der Waals surface area (Å²) in [6.07, 6.45) is 2.90. The van der Waals surface area contributed by atoms with Crippen LogP contribution in [0.1, 0.15) is 0 Å². The summed E-state index contributed by atoms with van der Waals surface area (Å²) in [5.41, 5.74) is 2.53. The van der Waals surface area contributed by atoms with E-state index in [0.29, 0.717) is 0 Å². The number of aliphatic carboxylic acids is 1. The van der Waals surface area contributed by atoms with Gasteiger partial charge in [0.25, 0.3) is 0 Å². The lowest BCUT2D eigenvalue weighted by molar-refractivity contribution is -0.137. The molecule has 66 valence electrons.